The van der Waals surface area contributed by atoms with Gasteiger partial charge in [0.05, 0.1) is 30.0 Å². The molecule has 0 saturated carbocycles. The molecule has 3 heterocycles. The molecule has 0 unspecified atom stereocenters. The summed E-state index contributed by atoms with van der Waals surface area (Å²) in [7, 11) is 0. The Labute approximate surface area is 211 Å². The lowest BCUT2D eigenvalue weighted by atomic mass is 10.1. The number of hydrazone groups is 1. The van der Waals surface area contributed by atoms with Gasteiger partial charge in [-0.3, -0.25) is 19.0 Å². The van der Waals surface area contributed by atoms with E-state index in [9.17, 15) is 14.4 Å². The van der Waals surface area contributed by atoms with Crippen LogP contribution in [0.25, 0.3) is 10.6 Å². The zero-order valence-corrected chi connectivity index (χ0v) is 22.1. The summed E-state index contributed by atoms with van der Waals surface area (Å²) in [6.07, 6.45) is -0.157. The summed E-state index contributed by atoms with van der Waals surface area (Å²) in [6.45, 7) is 11.1. The van der Waals surface area contributed by atoms with E-state index in [1.807, 2.05) is 45.9 Å². The molecule has 0 aliphatic carbocycles. The molecule has 1 aromatic carbocycles. The highest BCUT2D eigenvalue weighted by Gasteiger charge is 2.35. The Morgan fingerprint density at radius 2 is 1.77 bits per heavy atom. The average molecular weight is 513 g/mol. The summed E-state index contributed by atoms with van der Waals surface area (Å²) in [5.41, 5.74) is 2.13. The molecule has 10 heteroatoms. The van der Waals surface area contributed by atoms with Gasteiger partial charge in [-0.2, -0.15) is 10.1 Å². The summed E-state index contributed by atoms with van der Waals surface area (Å²) < 4.78 is 7.83. The predicted molar refractivity (Wildman–Crippen MR) is 141 cm³/mol. The fraction of sp³-hybridized carbons (Fsp3) is 0.360. The molecule has 2 aliphatic heterocycles. The quantitative estimate of drug-likeness (QED) is 0.554. The van der Waals surface area contributed by atoms with Gasteiger partial charge in [0.2, 0.25) is 0 Å². The third-order valence-corrected chi connectivity index (χ3v) is 8.41. The van der Waals surface area contributed by atoms with Crippen molar-refractivity contribution in [1.82, 2.24) is 9.47 Å². The fourth-order valence-electron chi connectivity index (χ4n) is 4.06. The number of nitrogens with zero attached hydrogens (tertiary/aromatic N) is 4. The molecule has 0 bridgehead atoms. The molecule has 4 rings (SSSR count). The highest BCUT2D eigenvalue weighted by Crippen LogP contribution is 2.40. The second kappa shape index (κ2) is 10.2. The van der Waals surface area contributed by atoms with Crippen molar-refractivity contribution in [1.29, 1.82) is 0 Å². The zero-order valence-electron chi connectivity index (χ0n) is 20.5. The van der Waals surface area contributed by atoms with E-state index >= 15 is 0 Å². The molecule has 8 nitrogen and oxygen atoms in total. The zero-order chi connectivity index (χ0) is 25.3. The fourth-order valence-corrected chi connectivity index (χ4v) is 6.63. The number of anilines is 1. The predicted octanol–water partition coefficient (Wildman–Crippen LogP) is 2.82. The van der Waals surface area contributed by atoms with Crippen LogP contribution in [0.2, 0.25) is 0 Å². The molecule has 2 aromatic rings. The Morgan fingerprint density at radius 1 is 1.06 bits per heavy atom. The summed E-state index contributed by atoms with van der Waals surface area (Å²) in [5, 5.41) is 6.68. The Balaban J connectivity index is 1.98. The van der Waals surface area contributed by atoms with Crippen LogP contribution in [-0.4, -0.2) is 40.2 Å². The number of rotatable bonds is 6. The molecule has 0 saturated heterocycles. The van der Waals surface area contributed by atoms with Gasteiger partial charge in [-0.1, -0.05) is 30.0 Å². The van der Waals surface area contributed by atoms with Crippen LogP contribution in [0.4, 0.5) is 5.69 Å². The molecule has 1 amide bonds. The van der Waals surface area contributed by atoms with Gasteiger partial charge in [0.25, 0.3) is 11.5 Å². The summed E-state index contributed by atoms with van der Waals surface area (Å²) in [5.74, 6) is -0.839. The Hall–Kier alpha value is -3.11. The van der Waals surface area contributed by atoms with E-state index in [2.05, 4.69) is 10.0 Å². The second-order valence-corrected chi connectivity index (χ2v) is 10.1. The van der Waals surface area contributed by atoms with Crippen molar-refractivity contribution in [2.75, 3.05) is 18.2 Å². The van der Waals surface area contributed by atoms with E-state index in [1.54, 1.807) is 35.4 Å². The molecule has 0 N–H and O–H groups in total. The molecular weight excluding hydrogens is 484 g/mol. The number of aromatic nitrogens is 1. The molecule has 0 spiro atoms. The van der Waals surface area contributed by atoms with Gasteiger partial charge in [0.15, 0.2) is 0 Å². The van der Waals surface area contributed by atoms with Crippen LogP contribution < -0.4 is 19.8 Å². The minimum atomic E-state index is -0.470. The third-order valence-electron chi connectivity index (χ3n) is 5.87. The molecule has 0 atom stereocenters. The summed E-state index contributed by atoms with van der Waals surface area (Å²) in [6, 6.07) is 9.04. The molecular formula is C25H28N4O4S2. The maximum atomic E-state index is 13.7. The highest BCUT2D eigenvalue weighted by molar-refractivity contribution is 8.11. The summed E-state index contributed by atoms with van der Waals surface area (Å²) in [4.78, 5) is 42.9. The van der Waals surface area contributed by atoms with Crippen LogP contribution in [0, 0.1) is 0 Å². The van der Waals surface area contributed by atoms with Crippen molar-refractivity contribution in [2.24, 2.45) is 5.10 Å². The number of hydrogen-bond donors (Lipinski definition) is 0. The van der Waals surface area contributed by atoms with Crippen LogP contribution in [0.1, 0.15) is 41.0 Å². The normalized spacial score (nSPS) is 19.1. The van der Waals surface area contributed by atoms with Gasteiger partial charge in [0, 0.05) is 23.7 Å². The van der Waals surface area contributed by atoms with Crippen LogP contribution in [0.15, 0.2) is 50.8 Å². The lowest BCUT2D eigenvalue weighted by Crippen LogP contribution is -2.35. The maximum Gasteiger partial charge on any atom is 0.311 e. The van der Waals surface area contributed by atoms with E-state index in [0.717, 1.165) is 22.2 Å². The van der Waals surface area contributed by atoms with E-state index in [0.29, 0.717) is 27.1 Å². The maximum absolute atomic E-state index is 13.7. The van der Waals surface area contributed by atoms with Crippen molar-refractivity contribution in [3.05, 3.63) is 60.5 Å². The standard InChI is InChI=1S/C25H28N4O4S2/c1-6-27-15(4)16(5)34-25(27)21-23(32)28(7-2)24(35-21)20-18(14-19(30)33-8-3)26-29(22(20)31)17-12-10-9-11-13-17/h9-13H,6-8,14H2,1-5H3/b24-20+,25-21-. The molecule has 1 aromatic heterocycles. The van der Waals surface area contributed by atoms with Crippen molar-refractivity contribution in [3.8, 4) is 0 Å². The number of carbonyl (C=O) groups excluding carboxylic acids is 2. The lowest BCUT2D eigenvalue weighted by molar-refractivity contribution is -0.141. The molecule has 35 heavy (non-hydrogen) atoms. The van der Waals surface area contributed by atoms with Gasteiger partial charge in [-0.15, -0.1) is 11.3 Å². The first-order valence-electron chi connectivity index (χ1n) is 11.6. The summed E-state index contributed by atoms with van der Waals surface area (Å²) >= 11 is 2.86. The molecule has 0 fully saturated rings. The molecule has 2 aliphatic rings. The van der Waals surface area contributed by atoms with Crippen LogP contribution in [0.5, 0.6) is 0 Å². The Bertz CT molecular complexity index is 1420. The SMILES string of the molecule is CCOC(=O)CC1=NN(c2ccccc2)C(=O)/C1=c1/s/c(=C2\SC(C)=C(C)N2CC)c(=O)n1CC. The first-order valence-corrected chi connectivity index (χ1v) is 13.2. The van der Waals surface area contributed by atoms with Crippen LogP contribution in [0.3, 0.4) is 0 Å². The van der Waals surface area contributed by atoms with E-state index in [-0.39, 0.29) is 30.1 Å². The van der Waals surface area contributed by atoms with Crippen molar-refractivity contribution in [2.45, 2.75) is 47.6 Å². The van der Waals surface area contributed by atoms with E-state index in [4.69, 9.17) is 4.74 Å². The van der Waals surface area contributed by atoms with E-state index < -0.39 is 5.97 Å². The average Bonchev–Trinajstić information content (AvgIpc) is 3.44. The number of allylic oxidation sites excluding steroid dienone is 2. The number of thiazole rings is 1. The number of ether oxygens (including phenoxy) is 1. The topological polar surface area (TPSA) is 84.2 Å². The Morgan fingerprint density at radius 3 is 2.40 bits per heavy atom. The minimum Gasteiger partial charge on any atom is -0.466 e. The first-order chi connectivity index (χ1) is 16.8. The number of amides is 1. The Kier molecular flexibility index (Phi) is 7.32. The molecule has 184 valence electrons. The van der Waals surface area contributed by atoms with Gasteiger partial charge in [0.1, 0.15) is 14.2 Å². The molecule has 0 radical (unpaired) electrons. The van der Waals surface area contributed by atoms with Gasteiger partial charge in [-0.05, 0) is 46.8 Å². The minimum absolute atomic E-state index is 0.148. The highest BCUT2D eigenvalue weighted by atomic mass is 32.2. The number of hydrogen-bond acceptors (Lipinski definition) is 8. The van der Waals surface area contributed by atoms with Gasteiger partial charge >= 0.3 is 5.97 Å². The number of carbonyl (C=O) groups is 2. The number of esters is 1. The largest absolute Gasteiger partial charge is 0.466 e. The van der Waals surface area contributed by atoms with Gasteiger partial charge < -0.3 is 9.64 Å². The van der Waals surface area contributed by atoms with Crippen LogP contribution in [-0.2, 0) is 20.9 Å². The number of thioether (sulfide) groups is 1. The monoisotopic (exact) mass is 512 g/mol. The second-order valence-electron chi connectivity index (χ2n) is 7.93. The first kappa shape index (κ1) is 25.0. The lowest BCUT2D eigenvalue weighted by Gasteiger charge is -2.17. The van der Waals surface area contributed by atoms with Crippen LogP contribution >= 0.6 is 23.1 Å². The van der Waals surface area contributed by atoms with Crippen molar-refractivity contribution < 1.29 is 14.3 Å². The van der Waals surface area contributed by atoms with Gasteiger partial charge in [-0.25, -0.2) is 0 Å². The van der Waals surface area contributed by atoms with Crippen molar-refractivity contribution in [3.63, 3.8) is 0 Å². The van der Waals surface area contributed by atoms with E-state index in [1.165, 1.54) is 16.3 Å². The number of para-hydroxylation sites is 1. The number of benzene rings is 1. The smallest absolute Gasteiger partial charge is 0.311 e. The third kappa shape index (κ3) is 4.48. The van der Waals surface area contributed by atoms with Crippen molar-refractivity contribution >= 4 is 57.0 Å².